The van der Waals surface area contributed by atoms with E-state index in [0.29, 0.717) is 19.1 Å². The fourth-order valence-corrected chi connectivity index (χ4v) is 2.12. The van der Waals surface area contributed by atoms with Crippen LogP contribution in [0.4, 0.5) is 13.2 Å². The topological polar surface area (TPSA) is 67.8 Å². The second-order valence-corrected chi connectivity index (χ2v) is 6.13. The summed E-state index contributed by atoms with van der Waals surface area (Å²) in [5.41, 5.74) is 0.743. The summed E-state index contributed by atoms with van der Waals surface area (Å²) >= 11 is 0. The molecule has 2 N–H and O–H groups in total. The summed E-state index contributed by atoms with van der Waals surface area (Å²) < 4.78 is 46.8. The molecule has 27 heavy (non-hydrogen) atoms. The van der Waals surface area contributed by atoms with Gasteiger partial charge in [0.25, 0.3) is 0 Å². The van der Waals surface area contributed by atoms with Crippen LogP contribution in [0.3, 0.4) is 0 Å². The molecule has 0 aliphatic heterocycles. The van der Waals surface area contributed by atoms with Crippen LogP contribution in [0.2, 0.25) is 0 Å². The van der Waals surface area contributed by atoms with Crippen molar-refractivity contribution < 1.29 is 22.6 Å². The lowest BCUT2D eigenvalue weighted by Crippen LogP contribution is -2.37. The van der Waals surface area contributed by atoms with Gasteiger partial charge in [0.15, 0.2) is 12.6 Å². The van der Waals surface area contributed by atoms with E-state index in [9.17, 15) is 13.2 Å². The third kappa shape index (κ3) is 11.2. The predicted octanol–water partition coefficient (Wildman–Crippen LogP) is 3.12. The monoisotopic (exact) mass is 502 g/mol. The molecule has 1 fully saturated rings. The highest BCUT2D eigenvalue weighted by Gasteiger charge is 2.28. The average molecular weight is 502 g/mol. The second kappa shape index (κ2) is 12.2. The fraction of sp³-hybridized carbons (Fsp3) is 0.647. The molecule has 0 unspecified atom stereocenters. The molecule has 0 aromatic carbocycles. The van der Waals surface area contributed by atoms with E-state index in [4.69, 9.17) is 4.74 Å². The summed E-state index contributed by atoms with van der Waals surface area (Å²) in [5.74, 6) is 1.32. The maximum atomic E-state index is 12.2. The third-order valence-electron chi connectivity index (χ3n) is 3.67. The van der Waals surface area contributed by atoms with Crippen LogP contribution in [0.25, 0.3) is 0 Å². The van der Waals surface area contributed by atoms with Gasteiger partial charge in [-0.15, -0.1) is 24.0 Å². The van der Waals surface area contributed by atoms with Gasteiger partial charge >= 0.3 is 6.18 Å². The number of aromatic nitrogens is 1. The molecule has 2 rings (SSSR count). The van der Waals surface area contributed by atoms with Crippen LogP contribution in [-0.2, 0) is 11.3 Å². The summed E-state index contributed by atoms with van der Waals surface area (Å²) in [7, 11) is 1.66. The zero-order chi connectivity index (χ0) is 18.8. The number of alkyl halides is 3. The van der Waals surface area contributed by atoms with Crippen LogP contribution < -0.4 is 15.4 Å². The van der Waals surface area contributed by atoms with Gasteiger partial charge in [-0.2, -0.15) is 13.2 Å². The number of nitrogens with one attached hydrogen (secondary N) is 2. The Morgan fingerprint density at radius 1 is 1.33 bits per heavy atom. The van der Waals surface area contributed by atoms with Crippen molar-refractivity contribution in [2.24, 2.45) is 10.9 Å². The van der Waals surface area contributed by atoms with E-state index in [1.54, 1.807) is 13.1 Å². The van der Waals surface area contributed by atoms with Crippen LogP contribution in [0.1, 0.15) is 24.8 Å². The molecule has 0 radical (unpaired) electrons. The predicted molar refractivity (Wildman–Crippen MR) is 108 cm³/mol. The van der Waals surface area contributed by atoms with Crippen LogP contribution in [0, 0.1) is 5.92 Å². The number of hydrogen-bond donors (Lipinski definition) is 2. The van der Waals surface area contributed by atoms with E-state index in [1.807, 2.05) is 0 Å². The lowest BCUT2D eigenvalue weighted by molar-refractivity contribution is -0.154. The molecule has 154 valence electrons. The first-order valence-electron chi connectivity index (χ1n) is 8.63. The fourth-order valence-electron chi connectivity index (χ4n) is 2.12. The molecule has 0 spiro atoms. The Bertz CT molecular complexity index is 584. The number of ether oxygens (including phenoxy) is 2. The minimum absolute atomic E-state index is 0. The first kappa shape index (κ1) is 23.7. The Morgan fingerprint density at radius 2 is 2.11 bits per heavy atom. The Kier molecular flexibility index (Phi) is 10.7. The molecule has 0 amide bonds. The highest BCUT2D eigenvalue weighted by atomic mass is 127. The molecule has 1 aliphatic rings. The van der Waals surface area contributed by atoms with Gasteiger partial charge in [0, 0.05) is 45.6 Å². The number of nitrogens with zero attached hydrogens (tertiary/aromatic N) is 2. The summed E-state index contributed by atoms with van der Waals surface area (Å²) in [4.78, 5) is 7.88. The molecule has 1 aromatic rings. The van der Waals surface area contributed by atoms with Crippen molar-refractivity contribution in [3.05, 3.63) is 23.9 Å². The van der Waals surface area contributed by atoms with Crippen molar-refractivity contribution in [1.82, 2.24) is 15.6 Å². The largest absolute Gasteiger partial charge is 0.468 e. The van der Waals surface area contributed by atoms with Gasteiger partial charge in [0.2, 0.25) is 5.88 Å². The Morgan fingerprint density at radius 3 is 2.78 bits per heavy atom. The molecule has 1 saturated carbocycles. The summed E-state index contributed by atoms with van der Waals surface area (Å²) in [6, 6.07) is 3.17. The number of aliphatic imine (C=N–C) groups is 1. The van der Waals surface area contributed by atoms with Crippen LogP contribution in [-0.4, -0.2) is 50.5 Å². The van der Waals surface area contributed by atoms with E-state index in [0.717, 1.165) is 31.1 Å². The smallest absolute Gasteiger partial charge is 0.422 e. The van der Waals surface area contributed by atoms with Gasteiger partial charge in [0.1, 0.15) is 0 Å². The lowest BCUT2D eigenvalue weighted by Gasteiger charge is -2.13. The number of guanidine groups is 1. The number of hydrogen-bond acceptors (Lipinski definition) is 4. The first-order valence-corrected chi connectivity index (χ1v) is 8.63. The average Bonchev–Trinajstić information content (AvgIpc) is 3.43. The van der Waals surface area contributed by atoms with Gasteiger partial charge < -0.3 is 20.1 Å². The summed E-state index contributed by atoms with van der Waals surface area (Å²) in [5, 5.41) is 6.26. The maximum absolute atomic E-state index is 12.2. The Labute approximate surface area is 174 Å². The molecule has 1 aromatic heterocycles. The Balaban J connectivity index is 0.00000364. The zero-order valence-electron chi connectivity index (χ0n) is 15.2. The van der Waals surface area contributed by atoms with Crippen LogP contribution in [0.5, 0.6) is 5.88 Å². The minimum Gasteiger partial charge on any atom is -0.468 e. The molecular formula is C17H26F3IN4O2. The van der Waals surface area contributed by atoms with Gasteiger partial charge in [-0.1, -0.05) is 0 Å². The molecule has 1 heterocycles. The lowest BCUT2D eigenvalue weighted by atomic mass is 10.2. The molecule has 0 saturated heterocycles. The van der Waals surface area contributed by atoms with E-state index < -0.39 is 12.8 Å². The number of rotatable bonds is 10. The highest BCUT2D eigenvalue weighted by molar-refractivity contribution is 14.0. The summed E-state index contributed by atoms with van der Waals surface area (Å²) in [6.45, 7) is 1.32. The van der Waals surface area contributed by atoms with Gasteiger partial charge in [0.05, 0.1) is 0 Å². The SMILES string of the molecule is CN=C(NCCCOCC1CC1)NCc1ccnc(OCC(F)(F)F)c1.I. The van der Waals surface area contributed by atoms with E-state index in [2.05, 4.69) is 25.3 Å². The quantitative estimate of drug-likeness (QED) is 0.223. The van der Waals surface area contributed by atoms with Crippen molar-refractivity contribution >= 4 is 29.9 Å². The third-order valence-corrected chi connectivity index (χ3v) is 3.67. The van der Waals surface area contributed by atoms with Crippen molar-refractivity contribution in [3.63, 3.8) is 0 Å². The normalized spacial score (nSPS) is 14.4. The molecule has 10 heteroatoms. The van der Waals surface area contributed by atoms with Crippen molar-refractivity contribution in [1.29, 1.82) is 0 Å². The van der Waals surface area contributed by atoms with Crippen LogP contribution in [0.15, 0.2) is 23.3 Å². The van der Waals surface area contributed by atoms with E-state index in [1.165, 1.54) is 25.1 Å². The Hall–Kier alpha value is -1.30. The molecular weight excluding hydrogens is 476 g/mol. The number of pyridine rings is 1. The zero-order valence-corrected chi connectivity index (χ0v) is 17.5. The highest BCUT2D eigenvalue weighted by Crippen LogP contribution is 2.28. The molecule has 0 atom stereocenters. The van der Waals surface area contributed by atoms with E-state index in [-0.39, 0.29) is 29.9 Å². The van der Waals surface area contributed by atoms with Gasteiger partial charge in [-0.3, -0.25) is 4.99 Å². The standard InChI is InChI=1S/C17H25F3N4O2.HI/c1-21-16(23-6-2-8-25-11-13-3-4-13)24-10-14-5-7-22-15(9-14)26-12-17(18,19)20;/h5,7,9,13H,2-4,6,8,10-12H2,1H3,(H2,21,23,24);1H. The maximum Gasteiger partial charge on any atom is 0.422 e. The molecule has 6 nitrogen and oxygen atoms in total. The first-order chi connectivity index (χ1) is 12.5. The molecule has 0 bridgehead atoms. The van der Waals surface area contributed by atoms with Crippen molar-refractivity contribution in [2.75, 3.05) is 33.4 Å². The van der Waals surface area contributed by atoms with Crippen molar-refractivity contribution in [3.8, 4) is 5.88 Å². The van der Waals surface area contributed by atoms with Crippen molar-refractivity contribution in [2.45, 2.75) is 32.0 Å². The van der Waals surface area contributed by atoms with E-state index >= 15 is 0 Å². The molecule has 1 aliphatic carbocycles. The second-order valence-electron chi connectivity index (χ2n) is 6.13. The van der Waals surface area contributed by atoms with Crippen LogP contribution >= 0.6 is 24.0 Å². The minimum atomic E-state index is -4.38. The van der Waals surface area contributed by atoms with Gasteiger partial charge in [-0.25, -0.2) is 4.98 Å². The van der Waals surface area contributed by atoms with Gasteiger partial charge in [-0.05, 0) is 36.8 Å². The summed E-state index contributed by atoms with van der Waals surface area (Å²) in [6.07, 6.45) is 0.470. The number of halogens is 4.